The molecular formula is C18H28O4. The maximum absolute atomic E-state index is 5.74. The van der Waals surface area contributed by atoms with Crippen molar-refractivity contribution < 1.29 is 18.9 Å². The summed E-state index contributed by atoms with van der Waals surface area (Å²) in [6.07, 6.45) is 0. The van der Waals surface area contributed by atoms with Crippen molar-refractivity contribution in [2.75, 3.05) is 28.4 Å². The number of hydrogen-bond donors (Lipinski definition) is 0. The van der Waals surface area contributed by atoms with Gasteiger partial charge in [-0.25, -0.2) is 0 Å². The minimum Gasteiger partial charge on any atom is -0.497 e. The van der Waals surface area contributed by atoms with Crippen LogP contribution in [0, 0.1) is 0 Å². The molecule has 0 aromatic heterocycles. The van der Waals surface area contributed by atoms with Crippen LogP contribution in [0.5, 0.6) is 5.75 Å². The van der Waals surface area contributed by atoms with Gasteiger partial charge in [0.1, 0.15) is 11.5 Å². The van der Waals surface area contributed by atoms with Crippen LogP contribution in [0.15, 0.2) is 29.8 Å². The Morgan fingerprint density at radius 2 is 1.41 bits per heavy atom. The molecule has 0 aliphatic heterocycles. The second-order valence-corrected chi connectivity index (χ2v) is 6.07. The van der Waals surface area contributed by atoms with Gasteiger partial charge >= 0.3 is 0 Å². The quantitative estimate of drug-likeness (QED) is 0.716. The molecule has 0 aliphatic carbocycles. The molecule has 1 aromatic rings. The van der Waals surface area contributed by atoms with Gasteiger partial charge in [0.15, 0.2) is 0 Å². The van der Waals surface area contributed by atoms with E-state index in [9.17, 15) is 0 Å². The van der Waals surface area contributed by atoms with E-state index in [0.29, 0.717) is 0 Å². The number of rotatable bonds is 7. The van der Waals surface area contributed by atoms with Crippen LogP contribution in [0.4, 0.5) is 0 Å². The minimum atomic E-state index is -0.548. The van der Waals surface area contributed by atoms with Gasteiger partial charge < -0.3 is 18.9 Å². The summed E-state index contributed by atoms with van der Waals surface area (Å²) in [5.41, 5.74) is 0.759. The molecule has 0 saturated carbocycles. The SMILES string of the molecule is COC(=C(C(C)(C)OC)C(C)(C)OC)c1cccc(OC)c1. The van der Waals surface area contributed by atoms with E-state index in [-0.39, 0.29) is 0 Å². The first-order chi connectivity index (χ1) is 10.2. The highest BCUT2D eigenvalue weighted by Crippen LogP contribution is 2.39. The number of benzene rings is 1. The highest BCUT2D eigenvalue weighted by molar-refractivity contribution is 5.67. The molecule has 124 valence electrons. The van der Waals surface area contributed by atoms with E-state index in [1.54, 1.807) is 28.4 Å². The molecule has 0 unspecified atom stereocenters. The van der Waals surface area contributed by atoms with Crippen molar-refractivity contribution in [1.29, 1.82) is 0 Å². The smallest absolute Gasteiger partial charge is 0.131 e. The lowest BCUT2D eigenvalue weighted by Gasteiger charge is -2.38. The summed E-state index contributed by atoms with van der Waals surface area (Å²) in [6.45, 7) is 8.01. The predicted molar refractivity (Wildman–Crippen MR) is 89.1 cm³/mol. The Hall–Kier alpha value is -1.52. The molecule has 0 fully saturated rings. The molecule has 0 heterocycles. The molecular weight excluding hydrogens is 280 g/mol. The first-order valence-electron chi connectivity index (χ1n) is 7.27. The number of ether oxygens (including phenoxy) is 4. The zero-order valence-electron chi connectivity index (χ0n) is 14.9. The Kier molecular flexibility index (Phi) is 6.03. The molecule has 0 amide bonds. The molecule has 0 atom stereocenters. The Balaban J connectivity index is 3.64. The van der Waals surface area contributed by atoms with E-state index >= 15 is 0 Å². The fourth-order valence-electron chi connectivity index (χ4n) is 2.60. The minimum absolute atomic E-state index is 0.548. The van der Waals surface area contributed by atoms with Crippen molar-refractivity contribution in [2.45, 2.75) is 38.9 Å². The van der Waals surface area contributed by atoms with Crippen LogP contribution in [0.2, 0.25) is 0 Å². The molecule has 0 bridgehead atoms. The lowest BCUT2D eigenvalue weighted by atomic mass is 9.82. The molecule has 1 rings (SSSR count). The molecule has 4 nitrogen and oxygen atoms in total. The number of hydrogen-bond acceptors (Lipinski definition) is 4. The van der Waals surface area contributed by atoms with Crippen LogP contribution in [0.25, 0.3) is 5.76 Å². The summed E-state index contributed by atoms with van der Waals surface area (Å²) in [6, 6.07) is 7.76. The molecule has 4 heteroatoms. The zero-order chi connectivity index (χ0) is 17.0. The van der Waals surface area contributed by atoms with Crippen molar-refractivity contribution in [2.24, 2.45) is 0 Å². The zero-order valence-corrected chi connectivity index (χ0v) is 14.9. The van der Waals surface area contributed by atoms with Crippen molar-refractivity contribution in [3.8, 4) is 5.75 Å². The first kappa shape index (κ1) is 18.5. The third-order valence-electron chi connectivity index (χ3n) is 3.99. The second kappa shape index (κ2) is 7.16. The average molecular weight is 308 g/mol. The third-order valence-corrected chi connectivity index (χ3v) is 3.99. The van der Waals surface area contributed by atoms with E-state index in [4.69, 9.17) is 18.9 Å². The van der Waals surface area contributed by atoms with Crippen molar-refractivity contribution in [3.63, 3.8) is 0 Å². The Bertz CT molecular complexity index is 512. The molecule has 0 N–H and O–H groups in total. The average Bonchev–Trinajstić information content (AvgIpc) is 2.51. The van der Waals surface area contributed by atoms with Crippen molar-refractivity contribution >= 4 is 5.76 Å². The Morgan fingerprint density at radius 1 is 0.864 bits per heavy atom. The summed E-state index contributed by atoms with van der Waals surface area (Å²) >= 11 is 0. The summed E-state index contributed by atoms with van der Waals surface area (Å²) in [4.78, 5) is 0. The highest BCUT2D eigenvalue weighted by Gasteiger charge is 2.39. The fourth-order valence-corrected chi connectivity index (χ4v) is 2.60. The van der Waals surface area contributed by atoms with Crippen LogP contribution < -0.4 is 4.74 Å². The van der Waals surface area contributed by atoms with Gasteiger partial charge in [0.25, 0.3) is 0 Å². The van der Waals surface area contributed by atoms with Gasteiger partial charge in [-0.05, 0) is 39.8 Å². The summed E-state index contributed by atoms with van der Waals surface area (Å²) in [5.74, 6) is 1.51. The van der Waals surface area contributed by atoms with Gasteiger partial charge in [-0.15, -0.1) is 0 Å². The molecule has 0 radical (unpaired) electrons. The Morgan fingerprint density at radius 3 is 1.82 bits per heavy atom. The maximum atomic E-state index is 5.74. The standard InChI is InChI=1S/C18H28O4/c1-17(2,21-7)16(18(3,4)22-8)15(20-6)13-10-9-11-14(12-13)19-5/h9-12H,1-8H3. The largest absolute Gasteiger partial charge is 0.497 e. The van der Waals surface area contributed by atoms with Gasteiger partial charge in [-0.3, -0.25) is 0 Å². The maximum Gasteiger partial charge on any atom is 0.131 e. The normalized spacial score (nSPS) is 12.0. The van der Waals surface area contributed by atoms with Crippen LogP contribution in [0.3, 0.4) is 0 Å². The predicted octanol–water partition coefficient (Wildman–Crippen LogP) is 3.90. The van der Waals surface area contributed by atoms with Gasteiger partial charge in [0.2, 0.25) is 0 Å². The van der Waals surface area contributed by atoms with E-state index in [1.807, 2.05) is 52.0 Å². The molecule has 22 heavy (non-hydrogen) atoms. The lowest BCUT2D eigenvalue weighted by molar-refractivity contribution is -0.0138. The summed E-state index contributed by atoms with van der Waals surface area (Å²) in [7, 11) is 6.68. The van der Waals surface area contributed by atoms with Crippen molar-refractivity contribution in [1.82, 2.24) is 0 Å². The van der Waals surface area contributed by atoms with E-state index in [2.05, 4.69) is 0 Å². The van der Waals surface area contributed by atoms with Gasteiger partial charge in [-0.2, -0.15) is 0 Å². The summed E-state index contributed by atoms with van der Waals surface area (Å²) < 4.78 is 22.5. The first-order valence-corrected chi connectivity index (χ1v) is 7.27. The molecule has 0 spiro atoms. The topological polar surface area (TPSA) is 36.9 Å². The van der Waals surface area contributed by atoms with Crippen molar-refractivity contribution in [3.05, 3.63) is 35.4 Å². The molecule has 0 saturated heterocycles. The van der Waals surface area contributed by atoms with E-state index < -0.39 is 11.2 Å². The van der Waals surface area contributed by atoms with Gasteiger partial charge in [0.05, 0.1) is 25.4 Å². The van der Waals surface area contributed by atoms with E-state index in [1.165, 1.54) is 0 Å². The molecule has 0 aliphatic rings. The van der Waals surface area contributed by atoms with Crippen LogP contribution in [-0.2, 0) is 14.2 Å². The highest BCUT2D eigenvalue weighted by atomic mass is 16.5. The van der Waals surface area contributed by atoms with E-state index in [0.717, 1.165) is 22.6 Å². The number of methoxy groups -OCH3 is 4. The van der Waals surface area contributed by atoms with Crippen LogP contribution >= 0.6 is 0 Å². The van der Waals surface area contributed by atoms with Gasteiger partial charge in [-0.1, -0.05) is 12.1 Å². The summed E-state index contributed by atoms with van der Waals surface area (Å²) in [5, 5.41) is 0. The third kappa shape index (κ3) is 3.81. The lowest BCUT2D eigenvalue weighted by Crippen LogP contribution is -2.41. The monoisotopic (exact) mass is 308 g/mol. The fraction of sp³-hybridized carbons (Fsp3) is 0.556. The Labute approximate surface area is 134 Å². The van der Waals surface area contributed by atoms with Crippen LogP contribution in [-0.4, -0.2) is 39.6 Å². The second-order valence-electron chi connectivity index (χ2n) is 6.07. The molecule has 1 aromatic carbocycles. The van der Waals surface area contributed by atoms with Crippen LogP contribution in [0.1, 0.15) is 33.3 Å². The van der Waals surface area contributed by atoms with Gasteiger partial charge in [0, 0.05) is 25.4 Å².